The van der Waals surface area contributed by atoms with Gasteiger partial charge in [-0.3, -0.25) is 5.32 Å². The third-order valence-corrected chi connectivity index (χ3v) is 5.12. The minimum Gasteiger partial charge on any atom is -0.271 e. The van der Waals surface area contributed by atoms with Crippen LogP contribution in [0.2, 0.25) is 0 Å². The molecule has 1 N–H and O–H groups in total. The first kappa shape index (κ1) is 15.5. The Labute approximate surface area is 117 Å². The summed E-state index contributed by atoms with van der Waals surface area (Å²) in [5.41, 5.74) is 0.592. The highest BCUT2D eigenvalue weighted by atomic mass is 32.2. The summed E-state index contributed by atoms with van der Waals surface area (Å²) in [6, 6.07) is 6.28. The van der Waals surface area contributed by atoms with Crippen molar-refractivity contribution in [3.8, 4) is 6.19 Å². The Balaban J connectivity index is 3.04. The van der Waals surface area contributed by atoms with Gasteiger partial charge in [0.25, 0.3) is 0 Å². The first-order valence-corrected chi connectivity index (χ1v) is 8.30. The normalized spacial score (nSPS) is 12.3. The van der Waals surface area contributed by atoms with Crippen molar-refractivity contribution in [3.63, 3.8) is 0 Å². The lowest BCUT2D eigenvalue weighted by Gasteiger charge is -2.07. The number of rotatable bonds is 3. The van der Waals surface area contributed by atoms with Gasteiger partial charge in [-0.2, -0.15) is 5.26 Å². The Hall–Kier alpha value is -1.52. The molecule has 1 aromatic rings. The van der Waals surface area contributed by atoms with E-state index in [-0.39, 0.29) is 4.90 Å². The lowest BCUT2D eigenvalue weighted by molar-refractivity contribution is 0.587. The van der Waals surface area contributed by atoms with Gasteiger partial charge in [-0.1, -0.05) is 11.8 Å². The molecule has 5 nitrogen and oxygen atoms in total. The van der Waals surface area contributed by atoms with Crippen molar-refractivity contribution in [2.75, 3.05) is 6.26 Å². The quantitative estimate of drug-likeness (QED) is 0.400. The topological polar surface area (TPSA) is 82.3 Å². The average molecular weight is 297 g/mol. The van der Waals surface area contributed by atoms with Gasteiger partial charge < -0.3 is 0 Å². The summed E-state index contributed by atoms with van der Waals surface area (Å²) in [7, 11) is -3.26. The molecule has 1 aromatic carbocycles. The number of nitrogens with zero attached hydrogens (tertiary/aromatic N) is 2. The smallest absolute Gasteiger partial charge is 0.183 e. The molecule has 0 amide bonds. The molecule has 102 valence electrons. The van der Waals surface area contributed by atoms with Crippen molar-refractivity contribution in [1.29, 1.82) is 5.26 Å². The first-order chi connectivity index (χ1) is 8.91. The highest BCUT2D eigenvalue weighted by Gasteiger charge is 2.18. The van der Waals surface area contributed by atoms with E-state index in [0.29, 0.717) is 10.9 Å². The monoisotopic (exact) mass is 297 g/mol. The van der Waals surface area contributed by atoms with Crippen LogP contribution in [0.3, 0.4) is 0 Å². The summed E-state index contributed by atoms with van der Waals surface area (Å²) in [5, 5.41) is 11.0. The Bertz CT molecular complexity index is 599. The Morgan fingerprint density at radius 3 is 2.37 bits per heavy atom. The predicted molar refractivity (Wildman–Crippen MR) is 78.1 cm³/mol. The molecular weight excluding hydrogens is 282 g/mol. The zero-order valence-corrected chi connectivity index (χ0v) is 12.5. The van der Waals surface area contributed by atoms with Gasteiger partial charge in [-0.15, -0.1) is 0 Å². The molecule has 0 radical (unpaired) electrons. The number of hydrogen-bond donors (Lipinski definition) is 1. The Morgan fingerprint density at radius 2 is 1.95 bits per heavy atom. The molecule has 0 aromatic heterocycles. The van der Waals surface area contributed by atoms with E-state index in [1.807, 2.05) is 0 Å². The Kier molecular flexibility index (Phi) is 5.39. The Morgan fingerprint density at radius 1 is 1.37 bits per heavy atom. The van der Waals surface area contributed by atoms with E-state index in [2.05, 4.69) is 10.3 Å². The number of nitriles is 1. The maximum atomic E-state index is 11.9. The average Bonchev–Trinajstić information content (AvgIpc) is 2.38. The van der Waals surface area contributed by atoms with Crippen LogP contribution in [-0.2, 0) is 9.84 Å². The molecule has 0 unspecified atom stereocenters. The van der Waals surface area contributed by atoms with Crippen LogP contribution >= 0.6 is 11.8 Å². The number of thioether (sulfide) groups is 1. The van der Waals surface area contributed by atoms with Crippen molar-refractivity contribution < 1.29 is 8.42 Å². The molecule has 0 saturated heterocycles. The predicted octanol–water partition coefficient (Wildman–Crippen LogP) is 2.29. The summed E-state index contributed by atoms with van der Waals surface area (Å²) in [6.07, 6.45) is 3.58. The van der Waals surface area contributed by atoms with Gasteiger partial charge in [0.15, 0.2) is 21.2 Å². The minimum atomic E-state index is -3.26. The van der Waals surface area contributed by atoms with E-state index in [0.717, 1.165) is 0 Å². The molecule has 0 fully saturated rings. The third kappa shape index (κ3) is 3.98. The molecule has 19 heavy (non-hydrogen) atoms. The van der Waals surface area contributed by atoms with E-state index >= 15 is 0 Å². The fourth-order valence-electron chi connectivity index (χ4n) is 1.27. The van der Waals surface area contributed by atoms with Gasteiger partial charge in [0, 0.05) is 0 Å². The second-order valence-corrected chi connectivity index (χ2v) is 7.24. The number of sulfone groups is 1. The summed E-state index contributed by atoms with van der Waals surface area (Å²) in [4.78, 5) is 4.46. The van der Waals surface area contributed by atoms with Crippen molar-refractivity contribution in [1.82, 2.24) is 5.32 Å². The highest BCUT2D eigenvalue weighted by Crippen LogP contribution is 2.20. The molecule has 1 rings (SSSR count). The second-order valence-electron chi connectivity index (χ2n) is 3.95. The largest absolute Gasteiger partial charge is 0.271 e. The van der Waals surface area contributed by atoms with Gasteiger partial charge in [-0.05, 0) is 44.4 Å². The molecule has 0 aliphatic rings. The van der Waals surface area contributed by atoms with E-state index in [1.54, 1.807) is 38.4 Å². The zero-order valence-electron chi connectivity index (χ0n) is 10.9. The van der Waals surface area contributed by atoms with Crippen LogP contribution in [0.5, 0.6) is 0 Å². The van der Waals surface area contributed by atoms with Gasteiger partial charge >= 0.3 is 0 Å². The van der Waals surface area contributed by atoms with E-state index in [1.165, 1.54) is 23.9 Å². The molecule has 0 aliphatic heterocycles. The molecule has 0 saturated carbocycles. The molecule has 0 aliphatic carbocycles. The maximum Gasteiger partial charge on any atom is 0.183 e. The minimum absolute atomic E-state index is 0.278. The molecule has 0 bridgehead atoms. The summed E-state index contributed by atoms with van der Waals surface area (Å²) in [6.45, 7) is 3.29. The van der Waals surface area contributed by atoms with Crippen molar-refractivity contribution in [2.24, 2.45) is 4.99 Å². The molecule has 0 spiro atoms. The lowest BCUT2D eigenvalue weighted by atomic mass is 10.3. The highest BCUT2D eigenvalue weighted by molar-refractivity contribution is 8.13. The van der Waals surface area contributed by atoms with E-state index in [9.17, 15) is 8.42 Å². The van der Waals surface area contributed by atoms with Gasteiger partial charge in [-0.25, -0.2) is 13.4 Å². The standard InChI is InChI=1S/C12H15N3O2S2/c1-9(2)19(16,17)11-6-4-10(5-7-11)15-12(18-3)14-8-13/h4-7,9H,1-3H3,(H,14,15). The summed E-state index contributed by atoms with van der Waals surface area (Å²) >= 11 is 1.30. The first-order valence-electron chi connectivity index (χ1n) is 5.53. The summed E-state index contributed by atoms with van der Waals surface area (Å²) in [5.74, 6) is 0. The second kappa shape index (κ2) is 6.59. The van der Waals surface area contributed by atoms with Crippen LogP contribution in [0.25, 0.3) is 0 Å². The number of benzene rings is 1. The third-order valence-electron chi connectivity index (χ3n) is 2.37. The van der Waals surface area contributed by atoms with Crippen molar-refractivity contribution in [2.45, 2.75) is 24.0 Å². The van der Waals surface area contributed by atoms with Crippen LogP contribution in [0.15, 0.2) is 34.2 Å². The van der Waals surface area contributed by atoms with Crippen LogP contribution in [0.4, 0.5) is 5.69 Å². The van der Waals surface area contributed by atoms with Crippen LogP contribution in [0.1, 0.15) is 13.8 Å². The van der Waals surface area contributed by atoms with Gasteiger partial charge in [0.1, 0.15) is 0 Å². The zero-order chi connectivity index (χ0) is 14.5. The van der Waals surface area contributed by atoms with Gasteiger partial charge in [0.05, 0.1) is 15.8 Å². The number of hydrogen-bond acceptors (Lipinski definition) is 5. The van der Waals surface area contributed by atoms with Crippen LogP contribution < -0.4 is 5.32 Å². The fraction of sp³-hybridized carbons (Fsp3) is 0.333. The molecular formula is C12H15N3O2S2. The van der Waals surface area contributed by atoms with E-state index < -0.39 is 15.1 Å². The number of amidine groups is 1. The van der Waals surface area contributed by atoms with Crippen LogP contribution in [-0.4, -0.2) is 25.1 Å². The molecule has 7 heteroatoms. The lowest BCUT2D eigenvalue weighted by Crippen LogP contribution is -2.14. The number of aliphatic imine (C=N–C) groups is 1. The van der Waals surface area contributed by atoms with Gasteiger partial charge in [0.2, 0.25) is 0 Å². The number of nitrogens with one attached hydrogen (secondary N) is 1. The van der Waals surface area contributed by atoms with Crippen LogP contribution in [0, 0.1) is 11.5 Å². The van der Waals surface area contributed by atoms with E-state index in [4.69, 9.17) is 5.26 Å². The maximum absolute atomic E-state index is 11.9. The van der Waals surface area contributed by atoms with Crippen molar-refractivity contribution in [3.05, 3.63) is 24.3 Å². The summed E-state index contributed by atoms with van der Waals surface area (Å²) < 4.78 is 23.9. The fourth-order valence-corrected chi connectivity index (χ4v) is 2.68. The molecule has 0 atom stereocenters. The molecule has 0 heterocycles. The SMILES string of the molecule is CSC(=Nc1ccc(S(=O)(=O)C(C)C)cc1)NC#N. The van der Waals surface area contributed by atoms with Crippen molar-refractivity contribution >= 4 is 32.5 Å².